The van der Waals surface area contributed by atoms with Crippen LogP contribution in [0.25, 0.3) is 0 Å². The number of hydrogen-bond donors (Lipinski definition) is 1. The highest BCUT2D eigenvalue weighted by atomic mass is 16.3. The minimum absolute atomic E-state index is 0.0236. The first-order valence-electron chi connectivity index (χ1n) is 10.3. The molecule has 2 fully saturated rings. The van der Waals surface area contributed by atoms with E-state index >= 15 is 0 Å². The number of aliphatic hydroxyl groups is 1. The van der Waals surface area contributed by atoms with Crippen LogP contribution in [0, 0.1) is 28.6 Å². The molecule has 0 aromatic rings. The van der Waals surface area contributed by atoms with Crippen molar-refractivity contribution in [3.63, 3.8) is 0 Å². The van der Waals surface area contributed by atoms with Gasteiger partial charge in [-0.15, -0.1) is 0 Å². The van der Waals surface area contributed by atoms with Gasteiger partial charge in [-0.1, -0.05) is 36.3 Å². The van der Waals surface area contributed by atoms with Crippen LogP contribution in [0.4, 0.5) is 0 Å². The summed E-state index contributed by atoms with van der Waals surface area (Å²) in [6.45, 7) is 4.29. The number of carbonyl (C=O) groups is 1. The second-order valence-corrected chi connectivity index (χ2v) is 9.51. The Morgan fingerprint density at radius 1 is 1.28 bits per heavy atom. The second-order valence-electron chi connectivity index (χ2n) is 9.51. The van der Waals surface area contributed by atoms with Gasteiger partial charge < -0.3 is 5.11 Å². The Morgan fingerprint density at radius 2 is 2.12 bits per heavy atom. The van der Waals surface area contributed by atoms with Crippen molar-refractivity contribution in [1.82, 2.24) is 0 Å². The highest BCUT2D eigenvalue weighted by Gasteiger charge is 2.64. The summed E-state index contributed by atoms with van der Waals surface area (Å²) >= 11 is 0. The smallest absolute Gasteiger partial charge is 0.155 e. The molecule has 0 saturated heterocycles. The standard InChI is InChI=1S/C23H30O2/c1-3-23-14-15-5-4-10-22-12-8-17(24)13-16(22)6-7-18(20(15)22)19(23)9-11-21(23,2)25/h5,9,11,13,18-20,25H,3-4,6-8,10,12,14H2,1-2H3/t18?,19?,20?,21-,22-,23-/m0/s1. The van der Waals surface area contributed by atoms with Gasteiger partial charge in [-0.25, -0.2) is 0 Å². The molecule has 0 radical (unpaired) electrons. The Kier molecular flexibility index (Phi) is 3.19. The molecule has 0 aliphatic heterocycles. The Labute approximate surface area is 151 Å². The number of allylic oxidation sites excluding steroid dienone is 5. The molecule has 2 heteroatoms. The largest absolute Gasteiger partial charge is 0.385 e. The molecule has 134 valence electrons. The molecule has 6 atom stereocenters. The van der Waals surface area contributed by atoms with Crippen LogP contribution in [0.1, 0.15) is 65.2 Å². The predicted octanol–water partition coefficient (Wildman–Crippen LogP) is 4.75. The molecule has 1 spiro atoms. The van der Waals surface area contributed by atoms with Crippen LogP contribution in [0.3, 0.4) is 0 Å². The molecule has 2 saturated carbocycles. The maximum absolute atomic E-state index is 12.1. The van der Waals surface area contributed by atoms with E-state index in [1.165, 1.54) is 18.4 Å². The molecular formula is C23H30O2. The summed E-state index contributed by atoms with van der Waals surface area (Å²) in [7, 11) is 0. The van der Waals surface area contributed by atoms with Gasteiger partial charge in [0.2, 0.25) is 0 Å². The van der Waals surface area contributed by atoms with Gasteiger partial charge in [0.05, 0.1) is 5.60 Å². The monoisotopic (exact) mass is 338 g/mol. The number of hydrogen-bond acceptors (Lipinski definition) is 2. The SMILES string of the molecule is CC[C@]12CC3=CCC[C@]45CCC(=O)C=C4CCC(C35)C1C=C[C@]2(C)O. The fourth-order valence-corrected chi connectivity index (χ4v) is 7.68. The average Bonchev–Trinajstić information content (AvgIpc) is 2.87. The molecule has 3 unspecified atom stereocenters. The summed E-state index contributed by atoms with van der Waals surface area (Å²) in [6.07, 6.45) is 17.5. The molecule has 0 heterocycles. The molecule has 1 N–H and O–H groups in total. The maximum Gasteiger partial charge on any atom is 0.155 e. The van der Waals surface area contributed by atoms with E-state index in [1.54, 1.807) is 5.57 Å². The molecule has 2 nitrogen and oxygen atoms in total. The fourth-order valence-electron chi connectivity index (χ4n) is 7.68. The fraction of sp³-hybridized carbons (Fsp3) is 0.696. The average molecular weight is 338 g/mol. The van der Waals surface area contributed by atoms with E-state index in [0.29, 0.717) is 23.5 Å². The quantitative estimate of drug-likeness (QED) is 0.701. The third kappa shape index (κ3) is 1.82. The molecule has 0 amide bonds. The van der Waals surface area contributed by atoms with Gasteiger partial charge in [0.25, 0.3) is 0 Å². The van der Waals surface area contributed by atoms with E-state index in [-0.39, 0.29) is 10.8 Å². The molecule has 5 aliphatic carbocycles. The van der Waals surface area contributed by atoms with Crippen molar-refractivity contribution in [2.24, 2.45) is 28.6 Å². The van der Waals surface area contributed by atoms with Crippen LogP contribution in [-0.2, 0) is 4.79 Å². The molecule has 0 aromatic heterocycles. The number of fused-ring (bicyclic) bond motifs is 2. The second kappa shape index (κ2) is 4.97. The molecule has 5 aliphatic rings. The van der Waals surface area contributed by atoms with E-state index in [4.69, 9.17) is 0 Å². The van der Waals surface area contributed by atoms with Crippen LogP contribution in [0.2, 0.25) is 0 Å². The van der Waals surface area contributed by atoms with Gasteiger partial charge in [-0.3, -0.25) is 4.79 Å². The summed E-state index contributed by atoms with van der Waals surface area (Å²) in [5.41, 5.74) is 2.61. The first-order valence-corrected chi connectivity index (χ1v) is 10.3. The third-order valence-electron chi connectivity index (χ3n) is 8.85. The normalized spacial score (nSPS) is 50.5. The first kappa shape index (κ1) is 16.1. The van der Waals surface area contributed by atoms with Gasteiger partial charge >= 0.3 is 0 Å². The summed E-state index contributed by atoms with van der Waals surface area (Å²) in [4.78, 5) is 12.1. The Balaban J connectivity index is 1.65. The number of carbonyl (C=O) groups excluding carboxylic acids is 1. The van der Waals surface area contributed by atoms with E-state index in [2.05, 4.69) is 25.2 Å². The number of ketones is 1. The van der Waals surface area contributed by atoms with Crippen molar-refractivity contribution >= 4 is 5.78 Å². The molecule has 0 aromatic carbocycles. The first-order chi connectivity index (χ1) is 11.9. The van der Waals surface area contributed by atoms with Crippen molar-refractivity contribution in [3.8, 4) is 0 Å². The zero-order chi connectivity index (χ0) is 17.4. The van der Waals surface area contributed by atoms with Gasteiger partial charge in [0.1, 0.15) is 0 Å². The summed E-state index contributed by atoms with van der Waals surface area (Å²) in [5, 5.41) is 11.2. The van der Waals surface area contributed by atoms with E-state index in [9.17, 15) is 9.90 Å². The molecule has 25 heavy (non-hydrogen) atoms. The summed E-state index contributed by atoms with van der Waals surface area (Å²) < 4.78 is 0. The molecule has 5 rings (SSSR count). The highest BCUT2D eigenvalue weighted by molar-refractivity contribution is 5.91. The lowest BCUT2D eigenvalue weighted by Gasteiger charge is -2.62. The summed E-state index contributed by atoms with van der Waals surface area (Å²) in [5.74, 6) is 2.08. The van der Waals surface area contributed by atoms with Crippen LogP contribution in [-0.4, -0.2) is 16.5 Å². The zero-order valence-corrected chi connectivity index (χ0v) is 15.6. The minimum Gasteiger partial charge on any atom is -0.385 e. The van der Waals surface area contributed by atoms with Crippen LogP contribution in [0.15, 0.2) is 35.5 Å². The van der Waals surface area contributed by atoms with Crippen LogP contribution in [0.5, 0.6) is 0 Å². The highest BCUT2D eigenvalue weighted by Crippen LogP contribution is 2.70. The minimum atomic E-state index is -0.693. The third-order valence-corrected chi connectivity index (χ3v) is 8.85. The molecular weight excluding hydrogens is 308 g/mol. The summed E-state index contributed by atoms with van der Waals surface area (Å²) in [6, 6.07) is 0. The van der Waals surface area contributed by atoms with Gasteiger partial charge in [0.15, 0.2) is 5.78 Å². The molecule has 0 bridgehead atoms. The zero-order valence-electron chi connectivity index (χ0n) is 15.6. The van der Waals surface area contributed by atoms with Gasteiger partial charge in [-0.05, 0) is 81.1 Å². The van der Waals surface area contributed by atoms with Gasteiger partial charge in [-0.2, -0.15) is 0 Å². The van der Waals surface area contributed by atoms with Crippen molar-refractivity contribution in [2.75, 3.05) is 0 Å². The van der Waals surface area contributed by atoms with Crippen LogP contribution < -0.4 is 0 Å². The lowest BCUT2D eigenvalue weighted by molar-refractivity contribution is -0.119. The van der Waals surface area contributed by atoms with Crippen LogP contribution >= 0.6 is 0 Å². The van der Waals surface area contributed by atoms with Crippen molar-refractivity contribution in [3.05, 3.63) is 35.5 Å². The Bertz CT molecular complexity index is 724. The van der Waals surface area contributed by atoms with Crippen molar-refractivity contribution in [2.45, 2.75) is 70.8 Å². The van der Waals surface area contributed by atoms with E-state index < -0.39 is 5.60 Å². The Morgan fingerprint density at radius 3 is 2.92 bits per heavy atom. The number of rotatable bonds is 1. The van der Waals surface area contributed by atoms with Crippen molar-refractivity contribution < 1.29 is 9.90 Å². The predicted molar refractivity (Wildman–Crippen MR) is 98.9 cm³/mol. The topological polar surface area (TPSA) is 37.3 Å². The maximum atomic E-state index is 12.1. The van der Waals surface area contributed by atoms with E-state index in [1.807, 2.05) is 13.0 Å². The van der Waals surface area contributed by atoms with Gasteiger partial charge in [0, 0.05) is 11.8 Å². The van der Waals surface area contributed by atoms with E-state index in [0.717, 1.165) is 38.5 Å². The lowest BCUT2D eigenvalue weighted by Crippen LogP contribution is -2.57. The lowest BCUT2D eigenvalue weighted by atomic mass is 9.42. The van der Waals surface area contributed by atoms with Crippen molar-refractivity contribution in [1.29, 1.82) is 0 Å². The Hall–Kier alpha value is -1.15.